The average Bonchev–Trinajstić information content (AvgIpc) is 2.82. The van der Waals surface area contributed by atoms with Gasteiger partial charge < -0.3 is 0 Å². The summed E-state index contributed by atoms with van der Waals surface area (Å²) in [6.07, 6.45) is 5.82. The molecule has 0 aliphatic carbocycles. The van der Waals surface area contributed by atoms with Crippen LogP contribution in [0.25, 0.3) is 16.9 Å². The molecule has 0 unspecified atom stereocenters. The standard InChI is InChI=1S/C15H15N3/c1-11(2)13-9-16-15(17-10-13)18-8-7-12-5-3-4-6-14(12)18/h3-11H,1-2H3. The topological polar surface area (TPSA) is 30.7 Å². The Morgan fingerprint density at radius 2 is 1.72 bits per heavy atom. The first-order valence-corrected chi connectivity index (χ1v) is 6.14. The molecule has 1 aromatic carbocycles. The number of fused-ring (bicyclic) bond motifs is 1. The molecule has 0 saturated heterocycles. The number of benzene rings is 1. The Morgan fingerprint density at radius 1 is 1.00 bits per heavy atom. The van der Waals surface area contributed by atoms with Crippen molar-refractivity contribution in [3.05, 3.63) is 54.5 Å². The van der Waals surface area contributed by atoms with Crippen molar-refractivity contribution in [1.29, 1.82) is 0 Å². The van der Waals surface area contributed by atoms with Crippen LogP contribution in [0.2, 0.25) is 0 Å². The van der Waals surface area contributed by atoms with Gasteiger partial charge in [-0.05, 0) is 23.6 Å². The van der Waals surface area contributed by atoms with Gasteiger partial charge in [-0.1, -0.05) is 32.0 Å². The van der Waals surface area contributed by atoms with E-state index in [1.807, 2.05) is 35.3 Å². The van der Waals surface area contributed by atoms with Gasteiger partial charge in [0.05, 0.1) is 5.52 Å². The van der Waals surface area contributed by atoms with Crippen molar-refractivity contribution in [2.45, 2.75) is 19.8 Å². The van der Waals surface area contributed by atoms with Crippen molar-refractivity contribution in [2.75, 3.05) is 0 Å². The first-order valence-electron chi connectivity index (χ1n) is 6.14. The lowest BCUT2D eigenvalue weighted by molar-refractivity contribution is 0.833. The molecular weight excluding hydrogens is 222 g/mol. The predicted molar refractivity (Wildman–Crippen MR) is 73.0 cm³/mol. The van der Waals surface area contributed by atoms with E-state index in [2.05, 4.69) is 42.0 Å². The molecule has 18 heavy (non-hydrogen) atoms. The minimum atomic E-state index is 0.459. The molecule has 0 bridgehead atoms. The van der Waals surface area contributed by atoms with Crippen LogP contribution in [0, 0.1) is 0 Å². The van der Waals surface area contributed by atoms with E-state index in [1.54, 1.807) is 0 Å². The van der Waals surface area contributed by atoms with E-state index in [1.165, 1.54) is 5.39 Å². The molecule has 3 nitrogen and oxygen atoms in total. The van der Waals surface area contributed by atoms with E-state index in [0.717, 1.165) is 17.0 Å². The van der Waals surface area contributed by atoms with Crippen LogP contribution in [0.5, 0.6) is 0 Å². The van der Waals surface area contributed by atoms with Gasteiger partial charge in [-0.3, -0.25) is 4.57 Å². The second-order valence-corrected chi connectivity index (χ2v) is 4.72. The molecule has 0 amide bonds. The molecule has 0 spiro atoms. The van der Waals surface area contributed by atoms with Crippen LogP contribution in [0.1, 0.15) is 25.3 Å². The maximum absolute atomic E-state index is 4.44. The molecule has 3 heteroatoms. The number of hydrogen-bond donors (Lipinski definition) is 0. The summed E-state index contributed by atoms with van der Waals surface area (Å²) >= 11 is 0. The largest absolute Gasteiger partial charge is 0.285 e. The lowest BCUT2D eigenvalue weighted by Crippen LogP contribution is -2.01. The van der Waals surface area contributed by atoms with Crippen LogP contribution >= 0.6 is 0 Å². The van der Waals surface area contributed by atoms with Crippen molar-refractivity contribution in [2.24, 2.45) is 0 Å². The minimum Gasteiger partial charge on any atom is -0.285 e. The Hall–Kier alpha value is -2.16. The molecule has 0 fully saturated rings. The number of para-hydroxylation sites is 1. The second kappa shape index (κ2) is 4.26. The van der Waals surface area contributed by atoms with Gasteiger partial charge in [-0.2, -0.15) is 0 Å². The highest BCUT2D eigenvalue weighted by Gasteiger charge is 2.06. The second-order valence-electron chi connectivity index (χ2n) is 4.72. The van der Waals surface area contributed by atoms with Crippen LogP contribution in [0.15, 0.2) is 48.9 Å². The quantitative estimate of drug-likeness (QED) is 0.682. The van der Waals surface area contributed by atoms with E-state index >= 15 is 0 Å². The van der Waals surface area contributed by atoms with Gasteiger partial charge in [-0.15, -0.1) is 0 Å². The van der Waals surface area contributed by atoms with Crippen LogP contribution in [0.4, 0.5) is 0 Å². The molecule has 2 aromatic heterocycles. The third-order valence-corrected chi connectivity index (χ3v) is 3.14. The molecule has 0 N–H and O–H groups in total. The summed E-state index contributed by atoms with van der Waals surface area (Å²) in [5.74, 6) is 1.18. The Morgan fingerprint density at radius 3 is 2.44 bits per heavy atom. The van der Waals surface area contributed by atoms with Crippen molar-refractivity contribution in [1.82, 2.24) is 14.5 Å². The third kappa shape index (κ3) is 1.78. The zero-order valence-electron chi connectivity index (χ0n) is 10.5. The Labute approximate surface area is 106 Å². The van der Waals surface area contributed by atoms with Crippen LogP contribution in [0.3, 0.4) is 0 Å². The van der Waals surface area contributed by atoms with Gasteiger partial charge in [0.1, 0.15) is 0 Å². The fourth-order valence-corrected chi connectivity index (χ4v) is 2.01. The molecule has 0 saturated carbocycles. The fraction of sp³-hybridized carbons (Fsp3) is 0.200. The van der Waals surface area contributed by atoms with Gasteiger partial charge in [0.25, 0.3) is 0 Å². The normalized spacial score (nSPS) is 11.3. The average molecular weight is 237 g/mol. The van der Waals surface area contributed by atoms with E-state index < -0.39 is 0 Å². The number of aromatic nitrogens is 3. The van der Waals surface area contributed by atoms with E-state index in [-0.39, 0.29) is 0 Å². The van der Waals surface area contributed by atoms with Crippen LogP contribution in [-0.4, -0.2) is 14.5 Å². The summed E-state index contributed by atoms with van der Waals surface area (Å²) in [5, 5.41) is 1.20. The Bertz CT molecular complexity index is 666. The Kier molecular flexibility index (Phi) is 2.59. The highest BCUT2D eigenvalue weighted by atomic mass is 15.1. The maximum Gasteiger partial charge on any atom is 0.234 e. The fourth-order valence-electron chi connectivity index (χ4n) is 2.01. The van der Waals surface area contributed by atoms with Crippen molar-refractivity contribution >= 4 is 10.9 Å². The summed E-state index contributed by atoms with van der Waals surface area (Å²) in [6, 6.07) is 10.3. The predicted octanol–water partition coefficient (Wildman–Crippen LogP) is 3.54. The van der Waals surface area contributed by atoms with Crippen molar-refractivity contribution < 1.29 is 0 Å². The van der Waals surface area contributed by atoms with E-state index in [0.29, 0.717) is 5.92 Å². The van der Waals surface area contributed by atoms with Gasteiger partial charge >= 0.3 is 0 Å². The minimum absolute atomic E-state index is 0.459. The molecule has 2 heterocycles. The molecular formula is C15H15N3. The summed E-state index contributed by atoms with van der Waals surface area (Å²) < 4.78 is 2.01. The molecule has 90 valence electrons. The van der Waals surface area contributed by atoms with Crippen LogP contribution < -0.4 is 0 Å². The molecule has 0 atom stereocenters. The number of rotatable bonds is 2. The third-order valence-electron chi connectivity index (χ3n) is 3.14. The van der Waals surface area contributed by atoms with Crippen molar-refractivity contribution in [3.8, 4) is 5.95 Å². The number of hydrogen-bond acceptors (Lipinski definition) is 2. The van der Waals surface area contributed by atoms with Gasteiger partial charge in [0.15, 0.2) is 0 Å². The Balaban J connectivity index is 2.09. The first kappa shape index (κ1) is 11.0. The number of nitrogens with zero attached hydrogens (tertiary/aromatic N) is 3. The van der Waals surface area contributed by atoms with E-state index in [4.69, 9.17) is 0 Å². The molecule has 3 aromatic rings. The summed E-state index contributed by atoms with van der Waals surface area (Å²) in [5.41, 5.74) is 2.30. The molecule has 0 radical (unpaired) electrons. The summed E-state index contributed by atoms with van der Waals surface area (Å²) in [7, 11) is 0. The highest BCUT2D eigenvalue weighted by Crippen LogP contribution is 2.18. The monoisotopic (exact) mass is 237 g/mol. The molecule has 0 aliphatic rings. The highest BCUT2D eigenvalue weighted by molar-refractivity contribution is 5.81. The molecule has 0 aliphatic heterocycles. The van der Waals surface area contributed by atoms with Crippen molar-refractivity contribution in [3.63, 3.8) is 0 Å². The van der Waals surface area contributed by atoms with Gasteiger partial charge in [0, 0.05) is 24.0 Å². The first-order chi connectivity index (χ1) is 8.75. The lowest BCUT2D eigenvalue weighted by atomic mass is 10.1. The van der Waals surface area contributed by atoms with Gasteiger partial charge in [-0.25, -0.2) is 9.97 Å². The van der Waals surface area contributed by atoms with Crippen LogP contribution in [-0.2, 0) is 0 Å². The zero-order chi connectivity index (χ0) is 12.5. The van der Waals surface area contributed by atoms with E-state index in [9.17, 15) is 0 Å². The van der Waals surface area contributed by atoms with Gasteiger partial charge in [0.2, 0.25) is 5.95 Å². The maximum atomic E-state index is 4.44. The smallest absolute Gasteiger partial charge is 0.234 e. The zero-order valence-corrected chi connectivity index (χ0v) is 10.5. The molecule has 3 rings (SSSR count). The SMILES string of the molecule is CC(C)c1cnc(-n2ccc3ccccc32)nc1. The lowest BCUT2D eigenvalue weighted by Gasteiger charge is -2.06. The summed E-state index contributed by atoms with van der Waals surface area (Å²) in [6.45, 7) is 4.28. The summed E-state index contributed by atoms with van der Waals surface area (Å²) in [4.78, 5) is 8.89.